The van der Waals surface area contributed by atoms with Gasteiger partial charge in [-0.25, -0.2) is 13.4 Å². The van der Waals surface area contributed by atoms with Crippen LogP contribution in [0.1, 0.15) is 87.4 Å². The Kier molecular flexibility index (Phi) is 6.37. The molecule has 1 aliphatic heterocycles. The zero-order chi connectivity index (χ0) is 27.3. The number of amides is 2. The lowest BCUT2D eigenvalue weighted by molar-refractivity contribution is 0.0941. The topological polar surface area (TPSA) is 135 Å². The van der Waals surface area contributed by atoms with Gasteiger partial charge in [0.1, 0.15) is 5.69 Å². The highest BCUT2D eigenvalue weighted by Gasteiger charge is 2.31. The van der Waals surface area contributed by atoms with E-state index in [9.17, 15) is 18.0 Å². The van der Waals surface area contributed by atoms with Crippen molar-refractivity contribution in [3.63, 3.8) is 0 Å². The highest BCUT2D eigenvalue weighted by molar-refractivity contribution is 7.90. The van der Waals surface area contributed by atoms with Crippen LogP contribution in [0.3, 0.4) is 0 Å². The number of fused-ring (bicyclic) bond motifs is 1. The molecule has 0 saturated heterocycles. The molecule has 2 saturated carbocycles. The molecule has 2 aromatic heterocycles. The number of aryl methyl sites for hydroxylation is 1. The number of sulfone groups is 1. The molecular formula is C29H31N5O4S. The summed E-state index contributed by atoms with van der Waals surface area (Å²) in [4.78, 5) is 36.9. The first-order chi connectivity index (χ1) is 18.7. The molecule has 3 aromatic rings. The zero-order valence-electron chi connectivity index (χ0n) is 21.8. The number of hydrogen-bond acceptors (Lipinski definition) is 7. The van der Waals surface area contributed by atoms with E-state index in [0.717, 1.165) is 42.7 Å². The van der Waals surface area contributed by atoms with E-state index in [-0.39, 0.29) is 28.6 Å². The molecule has 0 atom stereocenters. The summed E-state index contributed by atoms with van der Waals surface area (Å²) in [5, 5.41) is 2.79. The Balaban J connectivity index is 1.22. The lowest BCUT2D eigenvalue weighted by Crippen LogP contribution is -2.29. The van der Waals surface area contributed by atoms with Gasteiger partial charge in [0.05, 0.1) is 16.3 Å². The molecule has 202 valence electrons. The lowest BCUT2D eigenvalue weighted by atomic mass is 10.0. The number of hydrogen-bond donors (Lipinski definition) is 2. The molecule has 0 radical (unpaired) electrons. The van der Waals surface area contributed by atoms with Crippen LogP contribution in [0.5, 0.6) is 0 Å². The number of aromatic nitrogens is 2. The van der Waals surface area contributed by atoms with Gasteiger partial charge in [-0.3, -0.25) is 14.6 Å². The summed E-state index contributed by atoms with van der Waals surface area (Å²) in [6.07, 6.45) is 7.60. The van der Waals surface area contributed by atoms with Crippen LogP contribution in [-0.2, 0) is 22.8 Å². The molecule has 1 aromatic carbocycles. The quantitative estimate of drug-likeness (QED) is 0.440. The average molecular weight is 546 g/mol. The molecule has 6 rings (SSSR count). The van der Waals surface area contributed by atoms with E-state index >= 15 is 0 Å². The maximum atomic E-state index is 13.0. The normalized spacial score (nSPS) is 17.0. The van der Waals surface area contributed by atoms with E-state index in [1.165, 1.54) is 55.3 Å². The Morgan fingerprint density at radius 1 is 1.00 bits per heavy atom. The third-order valence-electron chi connectivity index (χ3n) is 7.64. The second-order valence-corrected chi connectivity index (χ2v) is 12.8. The molecule has 10 heteroatoms. The van der Waals surface area contributed by atoms with E-state index < -0.39 is 15.7 Å². The van der Waals surface area contributed by atoms with Crippen molar-refractivity contribution >= 4 is 33.0 Å². The third kappa shape index (κ3) is 5.38. The van der Waals surface area contributed by atoms with Crippen LogP contribution in [0.4, 0.5) is 11.4 Å². The van der Waals surface area contributed by atoms with Crippen molar-refractivity contribution in [1.82, 2.24) is 15.3 Å². The van der Waals surface area contributed by atoms with Crippen molar-refractivity contribution in [2.45, 2.75) is 61.8 Å². The SMILES string of the molecule is CS(=O)(=O)c1ccc(CNC(=O)c2ccc3c(n2)CCCN3c2cc(C3CC3)nc(C3CC3)c2)c(C(N)=O)c1. The number of carbonyl (C=O) groups is 2. The first kappa shape index (κ1) is 25.5. The van der Waals surface area contributed by atoms with Crippen molar-refractivity contribution in [2.24, 2.45) is 5.73 Å². The third-order valence-corrected chi connectivity index (χ3v) is 8.75. The van der Waals surface area contributed by atoms with Crippen molar-refractivity contribution in [3.05, 3.63) is 76.4 Å². The molecular weight excluding hydrogens is 514 g/mol. The number of anilines is 2. The Hall–Kier alpha value is -3.79. The number of primary amides is 1. The van der Waals surface area contributed by atoms with E-state index in [0.29, 0.717) is 17.4 Å². The van der Waals surface area contributed by atoms with Crippen LogP contribution < -0.4 is 16.0 Å². The minimum absolute atomic E-state index is 0.00464. The second kappa shape index (κ2) is 9.75. The first-order valence-electron chi connectivity index (χ1n) is 13.4. The van der Waals surface area contributed by atoms with Gasteiger partial charge in [0.25, 0.3) is 5.91 Å². The Labute approximate surface area is 227 Å². The first-order valence-corrected chi connectivity index (χ1v) is 15.3. The molecule has 3 N–H and O–H groups in total. The number of benzene rings is 1. The second-order valence-electron chi connectivity index (χ2n) is 10.8. The van der Waals surface area contributed by atoms with Crippen LogP contribution in [-0.4, -0.2) is 43.0 Å². The maximum absolute atomic E-state index is 13.0. The molecule has 0 bridgehead atoms. The van der Waals surface area contributed by atoms with Gasteiger partial charge in [0.2, 0.25) is 5.91 Å². The van der Waals surface area contributed by atoms with E-state index in [1.807, 2.05) is 6.07 Å². The highest BCUT2D eigenvalue weighted by Crippen LogP contribution is 2.45. The summed E-state index contributed by atoms with van der Waals surface area (Å²) in [6, 6.07) is 12.3. The molecule has 2 amide bonds. The molecule has 3 aliphatic rings. The largest absolute Gasteiger partial charge is 0.366 e. The van der Waals surface area contributed by atoms with Crippen molar-refractivity contribution in [3.8, 4) is 0 Å². The minimum atomic E-state index is -3.50. The van der Waals surface area contributed by atoms with Crippen LogP contribution >= 0.6 is 0 Å². The summed E-state index contributed by atoms with van der Waals surface area (Å²) in [5.74, 6) is 0.0122. The van der Waals surface area contributed by atoms with Gasteiger partial charge >= 0.3 is 0 Å². The molecule has 39 heavy (non-hydrogen) atoms. The van der Waals surface area contributed by atoms with Gasteiger partial charge in [-0.1, -0.05) is 6.07 Å². The van der Waals surface area contributed by atoms with Gasteiger partial charge in [0.15, 0.2) is 9.84 Å². The minimum Gasteiger partial charge on any atom is -0.366 e. The summed E-state index contributed by atoms with van der Waals surface area (Å²) >= 11 is 0. The highest BCUT2D eigenvalue weighted by atomic mass is 32.2. The van der Waals surface area contributed by atoms with E-state index in [2.05, 4.69) is 22.3 Å². The predicted molar refractivity (Wildman–Crippen MR) is 147 cm³/mol. The fraction of sp³-hybridized carbons (Fsp3) is 0.379. The van der Waals surface area contributed by atoms with Gasteiger partial charge in [-0.15, -0.1) is 0 Å². The maximum Gasteiger partial charge on any atom is 0.270 e. The number of nitrogens with one attached hydrogen (secondary N) is 1. The van der Waals surface area contributed by atoms with Crippen molar-refractivity contribution < 1.29 is 18.0 Å². The van der Waals surface area contributed by atoms with Gasteiger partial charge in [-0.05, 0) is 80.5 Å². The standard InChI is InChI=1S/C29H31N5O4S/c1-39(37,38)21-9-8-19(22(15-21)28(30)35)16-31-29(36)24-10-11-27-23(32-24)3-2-12-34(27)20-13-25(17-4-5-17)33-26(14-20)18-6-7-18/h8-11,13-15,17-18H,2-7,12,16H2,1H3,(H2,30,35)(H,31,36). The lowest BCUT2D eigenvalue weighted by Gasteiger charge is -2.31. The molecule has 9 nitrogen and oxygen atoms in total. The van der Waals surface area contributed by atoms with Crippen LogP contribution in [0.15, 0.2) is 47.4 Å². The predicted octanol–water partition coefficient (Wildman–Crippen LogP) is 3.75. The Morgan fingerprint density at radius 3 is 2.31 bits per heavy atom. The smallest absolute Gasteiger partial charge is 0.270 e. The molecule has 0 spiro atoms. The Morgan fingerprint density at radius 2 is 1.69 bits per heavy atom. The van der Waals surface area contributed by atoms with E-state index in [4.69, 9.17) is 15.7 Å². The zero-order valence-corrected chi connectivity index (χ0v) is 22.6. The van der Waals surface area contributed by atoms with Crippen LogP contribution in [0, 0.1) is 0 Å². The number of nitrogens with two attached hydrogens (primary N) is 1. The monoisotopic (exact) mass is 545 g/mol. The van der Waals surface area contributed by atoms with Gasteiger partial charge in [-0.2, -0.15) is 0 Å². The number of pyridine rings is 2. The Bertz CT molecular complexity index is 1560. The van der Waals surface area contributed by atoms with Crippen LogP contribution in [0.25, 0.3) is 0 Å². The number of rotatable bonds is 8. The van der Waals surface area contributed by atoms with Gasteiger partial charge in [0, 0.05) is 53.8 Å². The fourth-order valence-electron chi connectivity index (χ4n) is 5.17. The summed E-state index contributed by atoms with van der Waals surface area (Å²) in [6.45, 7) is 0.898. The van der Waals surface area contributed by atoms with E-state index in [1.54, 1.807) is 6.07 Å². The summed E-state index contributed by atoms with van der Waals surface area (Å²) in [5.41, 5.74) is 11.7. The number of carbonyl (C=O) groups excluding carboxylic acids is 2. The molecule has 2 aliphatic carbocycles. The van der Waals surface area contributed by atoms with Crippen molar-refractivity contribution in [1.29, 1.82) is 0 Å². The number of nitrogens with zero attached hydrogens (tertiary/aromatic N) is 3. The summed E-state index contributed by atoms with van der Waals surface area (Å²) in [7, 11) is -3.50. The van der Waals surface area contributed by atoms with Crippen molar-refractivity contribution in [2.75, 3.05) is 17.7 Å². The molecule has 3 heterocycles. The molecule has 2 fully saturated rings. The van der Waals surface area contributed by atoms with Gasteiger partial charge < -0.3 is 16.0 Å². The molecule has 0 unspecified atom stereocenters. The van der Waals surface area contributed by atoms with Crippen LogP contribution in [0.2, 0.25) is 0 Å². The fourth-order valence-corrected chi connectivity index (χ4v) is 5.82. The average Bonchev–Trinajstić information content (AvgIpc) is 3.83. The summed E-state index contributed by atoms with van der Waals surface area (Å²) < 4.78 is 23.7.